The maximum absolute atomic E-state index is 13.2. The van der Waals surface area contributed by atoms with Gasteiger partial charge in [-0.05, 0) is 105 Å². The van der Waals surface area contributed by atoms with Crippen LogP contribution in [0.1, 0.15) is 57.1 Å². The molecular formula is C30H33N3O. The van der Waals surface area contributed by atoms with E-state index in [1.54, 1.807) is 0 Å². The van der Waals surface area contributed by atoms with E-state index < -0.39 is 0 Å². The van der Waals surface area contributed by atoms with Crippen LogP contribution in [0.15, 0.2) is 48.5 Å². The van der Waals surface area contributed by atoms with E-state index in [1.165, 1.54) is 38.9 Å². The second-order valence-electron chi connectivity index (χ2n) is 10.0. The number of imidazole rings is 1. The van der Waals surface area contributed by atoms with E-state index in [4.69, 9.17) is 4.98 Å². The summed E-state index contributed by atoms with van der Waals surface area (Å²) >= 11 is 0. The molecule has 1 amide bonds. The molecule has 3 aromatic carbocycles. The zero-order valence-corrected chi connectivity index (χ0v) is 21.1. The maximum Gasteiger partial charge on any atom is 0.227 e. The fraction of sp³-hybridized carbons (Fsp3) is 0.333. The minimum Gasteiger partial charge on any atom is -0.323 e. The van der Waals surface area contributed by atoms with Crippen molar-refractivity contribution in [1.29, 1.82) is 0 Å². The quantitative estimate of drug-likeness (QED) is 0.357. The van der Waals surface area contributed by atoms with E-state index in [0.717, 1.165) is 29.1 Å². The molecule has 0 aliphatic carbocycles. The molecule has 0 radical (unpaired) electrons. The average Bonchev–Trinajstić information content (AvgIpc) is 3.35. The number of para-hydroxylation sites is 2. The number of carbonyl (C=O) groups excluding carboxylic acids is 1. The van der Waals surface area contributed by atoms with Crippen molar-refractivity contribution in [3.05, 3.63) is 93.3 Å². The highest BCUT2D eigenvalue weighted by atomic mass is 16.2. The Balaban J connectivity index is 1.58. The van der Waals surface area contributed by atoms with Gasteiger partial charge in [-0.3, -0.25) is 4.79 Å². The first kappa shape index (κ1) is 22.4. The van der Waals surface area contributed by atoms with E-state index in [0.29, 0.717) is 13.0 Å². The number of aromatic nitrogens is 2. The number of anilines is 1. The van der Waals surface area contributed by atoms with Crippen LogP contribution in [-0.2, 0) is 11.3 Å². The molecule has 0 N–H and O–H groups in total. The topological polar surface area (TPSA) is 38.1 Å². The lowest BCUT2D eigenvalue weighted by Crippen LogP contribution is -2.24. The predicted molar refractivity (Wildman–Crippen MR) is 140 cm³/mol. The van der Waals surface area contributed by atoms with Crippen molar-refractivity contribution in [1.82, 2.24) is 9.55 Å². The van der Waals surface area contributed by atoms with Crippen LogP contribution in [-0.4, -0.2) is 22.0 Å². The molecule has 1 saturated heterocycles. The smallest absolute Gasteiger partial charge is 0.227 e. The highest BCUT2D eigenvalue weighted by molar-refractivity contribution is 5.96. The summed E-state index contributed by atoms with van der Waals surface area (Å²) in [5.74, 6) is 1.25. The molecule has 4 heteroatoms. The Morgan fingerprint density at radius 2 is 1.53 bits per heavy atom. The number of carbonyl (C=O) groups is 1. The standard InChI is InChI=1S/C30H33N3O/c1-18-11-19(2)13-25(12-18)32-16-24(15-29(32)34)30-31-27-9-7-8-10-28(27)33(30)17-26-22(5)20(3)14-21(4)23(26)6/h7-14,24H,15-17H2,1-6H3. The first-order chi connectivity index (χ1) is 16.2. The Kier molecular flexibility index (Phi) is 5.55. The number of nitrogens with zero attached hydrogens (tertiary/aromatic N) is 3. The van der Waals surface area contributed by atoms with Crippen LogP contribution in [0.2, 0.25) is 0 Å². The van der Waals surface area contributed by atoms with E-state index in [1.807, 2.05) is 11.0 Å². The van der Waals surface area contributed by atoms with Crippen LogP contribution in [0.25, 0.3) is 11.0 Å². The zero-order valence-electron chi connectivity index (χ0n) is 21.1. The van der Waals surface area contributed by atoms with Crippen molar-refractivity contribution in [2.45, 2.75) is 60.4 Å². The fourth-order valence-electron chi connectivity index (χ4n) is 5.50. The first-order valence-corrected chi connectivity index (χ1v) is 12.1. The molecular weight excluding hydrogens is 418 g/mol. The maximum atomic E-state index is 13.2. The summed E-state index contributed by atoms with van der Waals surface area (Å²) in [6.45, 7) is 14.4. The molecule has 0 saturated carbocycles. The van der Waals surface area contributed by atoms with Gasteiger partial charge in [-0.1, -0.05) is 24.3 Å². The summed E-state index contributed by atoms with van der Waals surface area (Å²) in [5.41, 5.74) is 12.2. The minimum atomic E-state index is 0.0623. The van der Waals surface area contributed by atoms with E-state index in [-0.39, 0.29) is 11.8 Å². The Morgan fingerprint density at radius 3 is 2.21 bits per heavy atom. The van der Waals surface area contributed by atoms with Crippen molar-refractivity contribution < 1.29 is 4.79 Å². The lowest BCUT2D eigenvalue weighted by Gasteiger charge is -2.20. The minimum absolute atomic E-state index is 0.0623. The molecule has 4 aromatic rings. The second kappa shape index (κ2) is 8.43. The number of aryl methyl sites for hydroxylation is 4. The summed E-state index contributed by atoms with van der Waals surface area (Å²) in [4.78, 5) is 20.2. The van der Waals surface area contributed by atoms with E-state index in [2.05, 4.69) is 88.6 Å². The van der Waals surface area contributed by atoms with E-state index in [9.17, 15) is 4.79 Å². The van der Waals surface area contributed by atoms with Gasteiger partial charge in [-0.2, -0.15) is 0 Å². The molecule has 1 atom stereocenters. The number of hydrogen-bond acceptors (Lipinski definition) is 2. The lowest BCUT2D eigenvalue weighted by molar-refractivity contribution is -0.117. The van der Waals surface area contributed by atoms with Crippen LogP contribution < -0.4 is 4.90 Å². The van der Waals surface area contributed by atoms with Gasteiger partial charge >= 0.3 is 0 Å². The SMILES string of the molecule is Cc1cc(C)cc(N2CC(c3nc4ccccc4n3Cc3c(C)c(C)cc(C)c3C)CC2=O)c1. The summed E-state index contributed by atoms with van der Waals surface area (Å²) in [5, 5.41) is 0. The van der Waals surface area contributed by atoms with Gasteiger partial charge in [0, 0.05) is 31.1 Å². The molecule has 0 spiro atoms. The Morgan fingerprint density at radius 1 is 0.882 bits per heavy atom. The summed E-state index contributed by atoms with van der Waals surface area (Å²) in [6, 6.07) is 17.0. The number of amides is 1. The van der Waals surface area contributed by atoms with Crippen LogP contribution in [0, 0.1) is 41.5 Å². The fourth-order valence-corrected chi connectivity index (χ4v) is 5.50. The van der Waals surface area contributed by atoms with Crippen LogP contribution in [0.5, 0.6) is 0 Å². The van der Waals surface area contributed by atoms with Crippen molar-refractivity contribution in [2.24, 2.45) is 0 Å². The molecule has 1 fully saturated rings. The third kappa shape index (κ3) is 3.81. The molecule has 174 valence electrons. The van der Waals surface area contributed by atoms with Crippen LogP contribution in [0.4, 0.5) is 5.69 Å². The molecule has 1 aliphatic heterocycles. The number of rotatable bonds is 4. The summed E-state index contributed by atoms with van der Waals surface area (Å²) in [7, 11) is 0. The Bertz CT molecular complexity index is 1380. The van der Waals surface area contributed by atoms with Crippen LogP contribution in [0.3, 0.4) is 0 Å². The molecule has 5 rings (SSSR count). The molecule has 1 aromatic heterocycles. The molecule has 0 bridgehead atoms. The summed E-state index contributed by atoms with van der Waals surface area (Å²) in [6.07, 6.45) is 0.487. The third-order valence-electron chi connectivity index (χ3n) is 7.53. The van der Waals surface area contributed by atoms with Gasteiger partial charge in [0.25, 0.3) is 0 Å². The molecule has 4 nitrogen and oxygen atoms in total. The number of fused-ring (bicyclic) bond motifs is 1. The Labute approximate surface area is 202 Å². The number of benzene rings is 3. The van der Waals surface area contributed by atoms with Crippen molar-refractivity contribution in [3.8, 4) is 0 Å². The molecule has 1 unspecified atom stereocenters. The van der Waals surface area contributed by atoms with Gasteiger partial charge < -0.3 is 9.47 Å². The highest BCUT2D eigenvalue weighted by Crippen LogP contribution is 2.35. The summed E-state index contributed by atoms with van der Waals surface area (Å²) < 4.78 is 2.35. The van der Waals surface area contributed by atoms with Crippen LogP contribution >= 0.6 is 0 Å². The predicted octanol–water partition coefficient (Wildman–Crippen LogP) is 6.46. The van der Waals surface area contributed by atoms with Gasteiger partial charge in [-0.15, -0.1) is 0 Å². The monoisotopic (exact) mass is 451 g/mol. The third-order valence-corrected chi connectivity index (χ3v) is 7.53. The van der Waals surface area contributed by atoms with Gasteiger partial charge in [0.1, 0.15) is 5.82 Å². The van der Waals surface area contributed by atoms with Crippen molar-refractivity contribution >= 4 is 22.6 Å². The van der Waals surface area contributed by atoms with Gasteiger partial charge in [-0.25, -0.2) is 4.98 Å². The van der Waals surface area contributed by atoms with Gasteiger partial charge in [0.15, 0.2) is 0 Å². The molecule has 34 heavy (non-hydrogen) atoms. The van der Waals surface area contributed by atoms with Crippen molar-refractivity contribution in [2.75, 3.05) is 11.4 Å². The first-order valence-electron chi connectivity index (χ1n) is 12.1. The Hall–Kier alpha value is -3.40. The largest absolute Gasteiger partial charge is 0.323 e. The van der Waals surface area contributed by atoms with E-state index >= 15 is 0 Å². The second-order valence-corrected chi connectivity index (χ2v) is 10.0. The van der Waals surface area contributed by atoms with Gasteiger partial charge in [0.2, 0.25) is 5.91 Å². The van der Waals surface area contributed by atoms with Crippen molar-refractivity contribution in [3.63, 3.8) is 0 Å². The average molecular weight is 452 g/mol. The zero-order chi connectivity index (χ0) is 24.1. The van der Waals surface area contributed by atoms with Gasteiger partial charge in [0.05, 0.1) is 11.0 Å². The highest BCUT2D eigenvalue weighted by Gasteiger charge is 2.35. The molecule has 2 heterocycles. The normalized spacial score (nSPS) is 16.1. The lowest BCUT2D eigenvalue weighted by atomic mass is 9.94. The number of hydrogen-bond donors (Lipinski definition) is 0. The molecule has 1 aliphatic rings.